The second kappa shape index (κ2) is 9.24. The number of anilines is 1. The van der Waals surface area contributed by atoms with Crippen molar-refractivity contribution >= 4 is 38.9 Å². The molecule has 0 amide bonds. The molecule has 1 N–H and O–H groups in total. The van der Waals surface area contributed by atoms with Crippen molar-refractivity contribution < 1.29 is 4.74 Å². The molecule has 0 aliphatic carbocycles. The van der Waals surface area contributed by atoms with Gasteiger partial charge in [-0.05, 0) is 90.0 Å². The minimum absolute atomic E-state index is 0.0862. The lowest BCUT2D eigenvalue weighted by molar-refractivity contribution is 0.415. The highest BCUT2D eigenvalue weighted by molar-refractivity contribution is 9.10. The van der Waals surface area contributed by atoms with Crippen LogP contribution in [0.1, 0.15) is 34.7 Å². The lowest BCUT2D eigenvalue weighted by Crippen LogP contribution is -2.29. The number of halogens is 1. The van der Waals surface area contributed by atoms with Crippen molar-refractivity contribution in [2.75, 3.05) is 12.0 Å². The predicted octanol–water partition coefficient (Wildman–Crippen LogP) is 6.44. The number of benzene rings is 2. The number of thiocarbonyl (C=S) groups is 1. The van der Waals surface area contributed by atoms with E-state index in [1.807, 2.05) is 42.6 Å². The SMILES string of the molecule is COc1cccc(N2C(=S)N[C@@H](c3ccccn3)[C@@H]2c2cc(C)n(-c3ccccc3Br)c2C)c1. The number of ether oxygens (including phenoxy) is 1. The minimum Gasteiger partial charge on any atom is -0.497 e. The smallest absolute Gasteiger partial charge is 0.174 e. The number of para-hydroxylation sites is 1. The van der Waals surface area contributed by atoms with Gasteiger partial charge in [-0.15, -0.1) is 0 Å². The molecule has 1 aliphatic heterocycles. The van der Waals surface area contributed by atoms with Crippen LogP contribution in [0.4, 0.5) is 5.69 Å². The summed E-state index contributed by atoms with van der Waals surface area (Å²) in [6, 6.07) is 24.4. The Hall–Kier alpha value is -3.16. The monoisotopic (exact) mass is 532 g/mol. The lowest BCUT2D eigenvalue weighted by Gasteiger charge is -2.28. The van der Waals surface area contributed by atoms with Crippen LogP contribution < -0.4 is 15.0 Å². The van der Waals surface area contributed by atoms with Gasteiger partial charge in [0.15, 0.2) is 5.11 Å². The van der Waals surface area contributed by atoms with Gasteiger partial charge in [-0.3, -0.25) is 4.98 Å². The zero-order chi connectivity index (χ0) is 23.8. The molecule has 1 aliphatic rings. The van der Waals surface area contributed by atoms with Crippen LogP contribution in [0.5, 0.6) is 5.75 Å². The van der Waals surface area contributed by atoms with Crippen LogP contribution in [0, 0.1) is 13.8 Å². The second-order valence-corrected chi connectivity index (χ2v) is 9.55. The Labute approximate surface area is 213 Å². The molecule has 2 aromatic carbocycles. The number of aromatic nitrogens is 2. The van der Waals surface area contributed by atoms with E-state index in [4.69, 9.17) is 17.0 Å². The van der Waals surface area contributed by atoms with Crippen molar-refractivity contribution in [3.8, 4) is 11.4 Å². The predicted molar refractivity (Wildman–Crippen MR) is 144 cm³/mol. The summed E-state index contributed by atoms with van der Waals surface area (Å²) in [6.45, 7) is 4.31. The molecule has 0 spiro atoms. The Bertz CT molecular complexity index is 1350. The number of rotatable bonds is 5. The standard InChI is InChI=1S/C27H25BrN4OS/c1-17-15-21(18(2)31(17)24-13-5-4-11-22(24)28)26-25(23-12-6-7-14-29-23)30-27(34)32(26)19-9-8-10-20(16-19)33-3/h4-16,25-26H,1-3H3,(H,30,34)/t25-,26-/m0/s1. The van der Waals surface area contributed by atoms with Gasteiger partial charge in [-0.2, -0.15) is 0 Å². The molecule has 0 unspecified atom stereocenters. The molecule has 34 heavy (non-hydrogen) atoms. The van der Waals surface area contributed by atoms with E-state index in [2.05, 4.69) is 85.9 Å². The maximum Gasteiger partial charge on any atom is 0.174 e. The van der Waals surface area contributed by atoms with E-state index >= 15 is 0 Å². The van der Waals surface area contributed by atoms with Crippen LogP contribution >= 0.6 is 28.1 Å². The summed E-state index contributed by atoms with van der Waals surface area (Å²) >= 11 is 9.61. The van der Waals surface area contributed by atoms with E-state index in [0.717, 1.165) is 38.7 Å². The van der Waals surface area contributed by atoms with Crippen molar-refractivity contribution in [2.24, 2.45) is 0 Å². The zero-order valence-electron chi connectivity index (χ0n) is 19.2. The highest BCUT2D eigenvalue weighted by Crippen LogP contribution is 2.44. The summed E-state index contributed by atoms with van der Waals surface area (Å²) in [4.78, 5) is 6.86. The minimum atomic E-state index is -0.104. The number of hydrogen-bond donors (Lipinski definition) is 1. The maximum atomic E-state index is 5.89. The number of hydrogen-bond acceptors (Lipinski definition) is 3. The fraction of sp³-hybridized carbons (Fsp3) is 0.185. The van der Waals surface area contributed by atoms with Gasteiger partial charge < -0.3 is 19.5 Å². The first kappa shape index (κ1) is 22.6. The number of nitrogens with one attached hydrogen (secondary N) is 1. The van der Waals surface area contributed by atoms with Crippen molar-refractivity contribution in [2.45, 2.75) is 25.9 Å². The third-order valence-corrected chi connectivity index (χ3v) is 7.30. The van der Waals surface area contributed by atoms with Gasteiger partial charge in [0.2, 0.25) is 0 Å². The molecule has 2 aromatic heterocycles. The van der Waals surface area contributed by atoms with Gasteiger partial charge >= 0.3 is 0 Å². The van der Waals surface area contributed by atoms with Crippen molar-refractivity contribution in [1.29, 1.82) is 0 Å². The van der Waals surface area contributed by atoms with Crippen molar-refractivity contribution in [3.63, 3.8) is 0 Å². The highest BCUT2D eigenvalue weighted by atomic mass is 79.9. The maximum absolute atomic E-state index is 5.89. The van der Waals surface area contributed by atoms with Crippen molar-refractivity contribution in [1.82, 2.24) is 14.9 Å². The van der Waals surface area contributed by atoms with Gasteiger partial charge in [0.1, 0.15) is 5.75 Å². The summed E-state index contributed by atoms with van der Waals surface area (Å²) in [5.41, 5.74) is 6.55. The first-order chi connectivity index (χ1) is 16.5. The third kappa shape index (κ3) is 3.89. The van der Waals surface area contributed by atoms with E-state index < -0.39 is 0 Å². The third-order valence-electron chi connectivity index (χ3n) is 6.31. The molecule has 1 fully saturated rings. The number of nitrogens with zero attached hydrogens (tertiary/aromatic N) is 3. The highest BCUT2D eigenvalue weighted by Gasteiger charge is 2.42. The van der Waals surface area contributed by atoms with Crippen LogP contribution in [-0.2, 0) is 0 Å². The molecule has 2 atom stereocenters. The molecular weight excluding hydrogens is 508 g/mol. The quantitative estimate of drug-likeness (QED) is 0.299. The summed E-state index contributed by atoms with van der Waals surface area (Å²) in [5, 5.41) is 4.21. The average molecular weight is 533 g/mol. The fourth-order valence-electron chi connectivity index (χ4n) is 4.80. The van der Waals surface area contributed by atoms with Crippen LogP contribution in [0.2, 0.25) is 0 Å². The van der Waals surface area contributed by atoms with E-state index in [1.165, 1.54) is 5.56 Å². The first-order valence-corrected chi connectivity index (χ1v) is 12.3. The molecule has 7 heteroatoms. The van der Waals surface area contributed by atoms with Gasteiger partial charge in [0.25, 0.3) is 0 Å². The van der Waals surface area contributed by atoms with Crippen LogP contribution in [0.15, 0.2) is 83.5 Å². The lowest BCUT2D eigenvalue weighted by atomic mass is 9.96. The Kier molecular flexibility index (Phi) is 6.15. The summed E-state index contributed by atoms with van der Waals surface area (Å²) in [5.74, 6) is 0.791. The Balaban J connectivity index is 1.70. The van der Waals surface area contributed by atoms with Gasteiger partial charge in [-0.25, -0.2) is 0 Å². The second-order valence-electron chi connectivity index (χ2n) is 8.31. The normalized spacial score (nSPS) is 17.6. The molecule has 172 valence electrons. The molecular formula is C27H25BrN4OS. The molecule has 4 aromatic rings. The molecule has 0 bridgehead atoms. The van der Waals surface area contributed by atoms with Gasteiger partial charge in [-0.1, -0.05) is 24.3 Å². The van der Waals surface area contributed by atoms with Crippen LogP contribution in [-0.4, -0.2) is 21.8 Å². The van der Waals surface area contributed by atoms with E-state index in [0.29, 0.717) is 5.11 Å². The molecule has 0 saturated carbocycles. The summed E-state index contributed by atoms with van der Waals surface area (Å²) in [7, 11) is 1.68. The van der Waals surface area contributed by atoms with Gasteiger partial charge in [0.05, 0.1) is 30.6 Å². The van der Waals surface area contributed by atoms with Crippen LogP contribution in [0.3, 0.4) is 0 Å². The Morgan fingerprint density at radius 1 is 1.00 bits per heavy atom. The average Bonchev–Trinajstić information content (AvgIpc) is 3.35. The largest absolute Gasteiger partial charge is 0.497 e. The van der Waals surface area contributed by atoms with E-state index in [-0.39, 0.29) is 12.1 Å². The van der Waals surface area contributed by atoms with E-state index in [1.54, 1.807) is 7.11 Å². The Morgan fingerprint density at radius 3 is 2.53 bits per heavy atom. The Morgan fingerprint density at radius 2 is 1.79 bits per heavy atom. The number of methoxy groups -OCH3 is 1. The topological polar surface area (TPSA) is 42.3 Å². The summed E-state index contributed by atoms with van der Waals surface area (Å²) in [6.07, 6.45) is 1.83. The molecule has 5 rings (SSSR count). The number of pyridine rings is 1. The molecule has 1 saturated heterocycles. The molecule has 3 heterocycles. The first-order valence-electron chi connectivity index (χ1n) is 11.1. The molecule has 0 radical (unpaired) electrons. The van der Waals surface area contributed by atoms with Gasteiger partial charge in [0, 0.05) is 33.8 Å². The zero-order valence-corrected chi connectivity index (χ0v) is 21.6. The fourth-order valence-corrected chi connectivity index (χ4v) is 5.61. The van der Waals surface area contributed by atoms with Crippen LogP contribution in [0.25, 0.3) is 5.69 Å². The number of aryl methyl sites for hydroxylation is 1. The van der Waals surface area contributed by atoms with Crippen molar-refractivity contribution in [3.05, 3.63) is 106 Å². The summed E-state index contributed by atoms with van der Waals surface area (Å²) < 4.78 is 8.85. The molecule has 5 nitrogen and oxygen atoms in total. The van der Waals surface area contributed by atoms with E-state index in [9.17, 15) is 0 Å².